The first-order valence-electron chi connectivity index (χ1n) is 6.38. The van der Waals surface area contributed by atoms with E-state index in [2.05, 4.69) is 20.5 Å². The Bertz CT molecular complexity index is 470. The second-order valence-electron chi connectivity index (χ2n) is 4.65. The summed E-state index contributed by atoms with van der Waals surface area (Å²) in [7, 11) is 0. The van der Waals surface area contributed by atoms with Crippen molar-refractivity contribution in [3.05, 3.63) is 18.0 Å². The topological polar surface area (TPSA) is 74.3 Å². The van der Waals surface area contributed by atoms with Gasteiger partial charge in [0.05, 0.1) is 29.8 Å². The van der Waals surface area contributed by atoms with Crippen molar-refractivity contribution in [2.24, 2.45) is 0 Å². The Hall–Kier alpha value is -1.95. The quantitative estimate of drug-likeness (QED) is 0.776. The lowest BCUT2D eigenvalue weighted by Crippen LogP contribution is -2.30. The molecule has 0 aliphatic carbocycles. The minimum Gasteiger partial charge on any atom is -0.327 e. The van der Waals surface area contributed by atoms with Gasteiger partial charge in [-0.05, 0) is 38.9 Å². The second-order valence-corrected chi connectivity index (χ2v) is 4.65. The maximum Gasteiger partial charge on any atom is 0.238 e. The fourth-order valence-electron chi connectivity index (χ4n) is 2.16. The molecule has 1 aromatic rings. The van der Waals surface area contributed by atoms with Gasteiger partial charge in [0.2, 0.25) is 12.3 Å². The maximum absolute atomic E-state index is 11.9. The third-order valence-corrected chi connectivity index (χ3v) is 3.15. The van der Waals surface area contributed by atoms with Gasteiger partial charge >= 0.3 is 0 Å². The summed E-state index contributed by atoms with van der Waals surface area (Å²) in [5, 5.41) is 5.35. The summed E-state index contributed by atoms with van der Waals surface area (Å²) >= 11 is 0. The van der Waals surface area contributed by atoms with Crippen LogP contribution in [0.1, 0.15) is 18.5 Å². The molecule has 2 N–H and O–H groups in total. The van der Waals surface area contributed by atoms with Gasteiger partial charge in [0.25, 0.3) is 0 Å². The number of nitrogens with zero attached hydrogens (tertiary/aromatic N) is 2. The summed E-state index contributed by atoms with van der Waals surface area (Å²) < 4.78 is 0. The van der Waals surface area contributed by atoms with E-state index in [9.17, 15) is 9.59 Å². The first-order valence-corrected chi connectivity index (χ1v) is 6.38. The maximum atomic E-state index is 11.9. The second kappa shape index (κ2) is 6.29. The number of amides is 2. The van der Waals surface area contributed by atoms with Crippen molar-refractivity contribution in [1.29, 1.82) is 0 Å². The van der Waals surface area contributed by atoms with E-state index in [-0.39, 0.29) is 5.91 Å². The summed E-state index contributed by atoms with van der Waals surface area (Å²) in [6.07, 6.45) is 4.51. The lowest BCUT2D eigenvalue weighted by molar-refractivity contribution is -0.117. The fourth-order valence-corrected chi connectivity index (χ4v) is 2.16. The highest BCUT2D eigenvalue weighted by molar-refractivity contribution is 5.93. The van der Waals surface area contributed by atoms with Crippen molar-refractivity contribution in [2.45, 2.75) is 19.8 Å². The predicted octanol–water partition coefficient (Wildman–Crippen LogP) is 0.993. The molecule has 1 aromatic heterocycles. The third kappa shape index (κ3) is 3.75. The Balaban J connectivity index is 1.95. The summed E-state index contributed by atoms with van der Waals surface area (Å²) in [4.78, 5) is 28.6. The molecule has 0 aromatic carbocycles. The van der Waals surface area contributed by atoms with Crippen LogP contribution >= 0.6 is 0 Å². The molecule has 1 fully saturated rings. The van der Waals surface area contributed by atoms with Gasteiger partial charge in [-0.15, -0.1) is 0 Å². The van der Waals surface area contributed by atoms with Gasteiger partial charge in [-0.25, -0.2) is 0 Å². The average molecular weight is 262 g/mol. The number of likely N-dealkylation sites (tertiary alicyclic amines) is 1. The van der Waals surface area contributed by atoms with Gasteiger partial charge < -0.3 is 10.6 Å². The van der Waals surface area contributed by atoms with E-state index in [0.29, 0.717) is 30.0 Å². The van der Waals surface area contributed by atoms with Crippen LogP contribution in [0.25, 0.3) is 0 Å². The van der Waals surface area contributed by atoms with Crippen LogP contribution in [-0.2, 0) is 9.59 Å². The molecular weight excluding hydrogens is 244 g/mol. The van der Waals surface area contributed by atoms with Crippen LogP contribution in [0, 0.1) is 6.92 Å². The first kappa shape index (κ1) is 13.5. The number of hydrogen-bond acceptors (Lipinski definition) is 4. The Kier molecular flexibility index (Phi) is 4.46. The molecule has 0 spiro atoms. The highest BCUT2D eigenvalue weighted by Gasteiger charge is 2.15. The number of nitrogens with one attached hydrogen (secondary N) is 2. The number of carbonyl (C=O) groups is 2. The fraction of sp³-hybridized carbons (Fsp3) is 0.462. The standard InChI is InChI=1S/C13H18N4O2/c1-10-12(15-9-18)6-11(7-14-10)16-13(19)8-17-4-2-3-5-17/h6-7,9H,2-5,8H2,1H3,(H,15,18)(H,16,19). The Labute approximate surface area is 112 Å². The molecule has 6 nitrogen and oxygen atoms in total. The van der Waals surface area contributed by atoms with E-state index < -0.39 is 0 Å². The van der Waals surface area contributed by atoms with Crippen molar-refractivity contribution in [2.75, 3.05) is 30.3 Å². The van der Waals surface area contributed by atoms with E-state index in [1.54, 1.807) is 19.2 Å². The average Bonchev–Trinajstić information content (AvgIpc) is 2.86. The highest BCUT2D eigenvalue weighted by atomic mass is 16.2. The summed E-state index contributed by atoms with van der Waals surface area (Å²) in [6.45, 7) is 4.17. The Morgan fingerprint density at radius 3 is 2.89 bits per heavy atom. The normalized spacial score (nSPS) is 15.2. The van der Waals surface area contributed by atoms with Crippen molar-refractivity contribution in [3.8, 4) is 0 Å². The molecule has 6 heteroatoms. The van der Waals surface area contributed by atoms with E-state index in [1.807, 2.05) is 0 Å². The zero-order valence-corrected chi connectivity index (χ0v) is 11.0. The number of rotatable bonds is 5. The van der Waals surface area contributed by atoms with Gasteiger partial charge in [-0.3, -0.25) is 19.5 Å². The van der Waals surface area contributed by atoms with E-state index in [4.69, 9.17) is 0 Å². The van der Waals surface area contributed by atoms with Crippen molar-refractivity contribution >= 4 is 23.7 Å². The third-order valence-electron chi connectivity index (χ3n) is 3.15. The molecule has 19 heavy (non-hydrogen) atoms. The molecule has 0 unspecified atom stereocenters. The summed E-state index contributed by atoms with van der Waals surface area (Å²) in [5.74, 6) is -0.0513. The van der Waals surface area contributed by atoms with Gasteiger partial charge in [0.15, 0.2) is 0 Å². The van der Waals surface area contributed by atoms with Crippen LogP contribution in [0.2, 0.25) is 0 Å². The van der Waals surface area contributed by atoms with E-state index >= 15 is 0 Å². The molecule has 0 bridgehead atoms. The predicted molar refractivity (Wildman–Crippen MR) is 73.0 cm³/mol. The van der Waals surface area contributed by atoms with Gasteiger partial charge in [0.1, 0.15) is 0 Å². The summed E-state index contributed by atoms with van der Waals surface area (Å²) in [5.41, 5.74) is 1.91. The smallest absolute Gasteiger partial charge is 0.238 e. The monoisotopic (exact) mass is 262 g/mol. The molecule has 0 saturated carbocycles. The van der Waals surface area contributed by atoms with Gasteiger partial charge in [-0.1, -0.05) is 0 Å². The van der Waals surface area contributed by atoms with Crippen molar-refractivity contribution < 1.29 is 9.59 Å². The van der Waals surface area contributed by atoms with Gasteiger partial charge in [0, 0.05) is 0 Å². The zero-order chi connectivity index (χ0) is 13.7. The lowest BCUT2D eigenvalue weighted by Gasteiger charge is -2.14. The largest absolute Gasteiger partial charge is 0.327 e. The van der Waals surface area contributed by atoms with Crippen LogP contribution in [0.4, 0.5) is 11.4 Å². The molecular formula is C13H18N4O2. The lowest BCUT2D eigenvalue weighted by atomic mass is 10.3. The van der Waals surface area contributed by atoms with E-state index in [1.165, 1.54) is 0 Å². The molecule has 0 atom stereocenters. The molecule has 1 aliphatic heterocycles. The number of aromatic nitrogens is 1. The molecule has 102 valence electrons. The van der Waals surface area contributed by atoms with Gasteiger partial charge in [-0.2, -0.15) is 0 Å². The van der Waals surface area contributed by atoms with Crippen molar-refractivity contribution in [3.63, 3.8) is 0 Å². The number of hydrogen-bond donors (Lipinski definition) is 2. The molecule has 2 rings (SSSR count). The minimum atomic E-state index is -0.0513. The minimum absolute atomic E-state index is 0.0513. The van der Waals surface area contributed by atoms with Crippen molar-refractivity contribution in [1.82, 2.24) is 9.88 Å². The summed E-state index contributed by atoms with van der Waals surface area (Å²) in [6, 6.07) is 1.71. The Morgan fingerprint density at radius 2 is 2.21 bits per heavy atom. The van der Waals surface area contributed by atoms with E-state index in [0.717, 1.165) is 25.9 Å². The van der Waals surface area contributed by atoms with Crippen LogP contribution in [0.15, 0.2) is 12.3 Å². The zero-order valence-electron chi connectivity index (χ0n) is 11.0. The van der Waals surface area contributed by atoms with Crippen LogP contribution < -0.4 is 10.6 Å². The Morgan fingerprint density at radius 1 is 1.47 bits per heavy atom. The molecule has 0 radical (unpaired) electrons. The molecule has 2 heterocycles. The molecule has 1 saturated heterocycles. The first-order chi connectivity index (χ1) is 9.19. The number of carbonyl (C=O) groups excluding carboxylic acids is 2. The number of pyridine rings is 1. The molecule has 2 amide bonds. The number of aryl methyl sites for hydroxylation is 1. The van der Waals surface area contributed by atoms with Crippen LogP contribution in [0.5, 0.6) is 0 Å². The SMILES string of the molecule is Cc1ncc(NC(=O)CN2CCCC2)cc1NC=O. The van der Waals surface area contributed by atoms with Crippen LogP contribution in [0.3, 0.4) is 0 Å². The highest BCUT2D eigenvalue weighted by Crippen LogP contribution is 2.17. The van der Waals surface area contributed by atoms with Crippen LogP contribution in [-0.4, -0.2) is 41.8 Å². The number of anilines is 2. The molecule has 1 aliphatic rings.